The van der Waals surface area contributed by atoms with Crippen LogP contribution in [0.25, 0.3) is 0 Å². The molecule has 3 amide bonds. The molecule has 0 bridgehead atoms. The van der Waals surface area contributed by atoms with E-state index in [1.54, 1.807) is 4.90 Å². The Balaban J connectivity index is 1.71. The van der Waals surface area contributed by atoms with E-state index in [0.29, 0.717) is 18.5 Å². The molecule has 0 aromatic carbocycles. The van der Waals surface area contributed by atoms with Crippen molar-refractivity contribution in [3.63, 3.8) is 0 Å². The highest BCUT2D eigenvalue weighted by Gasteiger charge is 2.56. The zero-order chi connectivity index (χ0) is 15.9. The molecule has 3 rings (SSSR count). The highest BCUT2D eigenvalue weighted by Crippen LogP contribution is 2.38. The van der Waals surface area contributed by atoms with Gasteiger partial charge in [-0.05, 0) is 30.9 Å². The van der Waals surface area contributed by atoms with Gasteiger partial charge in [-0.3, -0.25) is 14.6 Å². The molecule has 0 aromatic heterocycles. The second-order valence-electron chi connectivity index (χ2n) is 7.24. The Morgan fingerprint density at radius 3 is 2.50 bits per heavy atom. The Kier molecular flexibility index (Phi) is 4.42. The van der Waals surface area contributed by atoms with Crippen molar-refractivity contribution >= 4 is 23.7 Å². The Bertz CT molecular complexity index is 454. The summed E-state index contributed by atoms with van der Waals surface area (Å²) in [5, 5.41) is 0. The van der Waals surface area contributed by atoms with Crippen LogP contribution in [0.3, 0.4) is 0 Å². The first kappa shape index (κ1) is 16.1. The average molecular weight is 325 g/mol. The van der Waals surface area contributed by atoms with Crippen LogP contribution in [0.2, 0.25) is 0 Å². The van der Waals surface area contributed by atoms with Gasteiger partial charge in [0.05, 0.1) is 0 Å². The summed E-state index contributed by atoms with van der Waals surface area (Å²) in [5.41, 5.74) is -0.575. The number of carbonyl (C=O) groups excluding carboxylic acids is 2. The van der Waals surface area contributed by atoms with Crippen molar-refractivity contribution in [3.05, 3.63) is 0 Å². The van der Waals surface area contributed by atoms with E-state index in [1.165, 1.54) is 22.8 Å². The molecule has 0 unspecified atom stereocenters. The minimum absolute atomic E-state index is 0.0362. The third-order valence-electron chi connectivity index (χ3n) is 5.40. The van der Waals surface area contributed by atoms with Crippen LogP contribution < -0.4 is 0 Å². The van der Waals surface area contributed by atoms with Crippen molar-refractivity contribution in [3.8, 4) is 0 Å². The van der Waals surface area contributed by atoms with Crippen LogP contribution in [0.4, 0.5) is 4.79 Å². The third kappa shape index (κ3) is 2.54. The van der Waals surface area contributed by atoms with Gasteiger partial charge in [0.15, 0.2) is 0 Å². The Morgan fingerprint density at radius 2 is 1.95 bits per heavy atom. The molecule has 0 aromatic rings. The quantitative estimate of drug-likeness (QED) is 0.743. The Hall–Kier alpha value is -0.750. The summed E-state index contributed by atoms with van der Waals surface area (Å²) < 4.78 is 0. The maximum absolute atomic E-state index is 12.9. The number of imide groups is 1. The molecule has 3 aliphatic rings. The van der Waals surface area contributed by atoms with Crippen molar-refractivity contribution < 1.29 is 9.59 Å². The molecular weight excluding hydrogens is 298 g/mol. The maximum Gasteiger partial charge on any atom is 0.327 e. The van der Waals surface area contributed by atoms with Crippen LogP contribution in [0.5, 0.6) is 0 Å². The number of likely N-dealkylation sites (tertiary alicyclic amines) is 1. The normalized spacial score (nSPS) is 29.4. The second-order valence-corrected chi connectivity index (χ2v) is 8.39. The molecule has 0 N–H and O–H groups in total. The largest absolute Gasteiger partial charge is 0.327 e. The summed E-state index contributed by atoms with van der Waals surface area (Å²) >= 11 is 2.03. The fourth-order valence-electron chi connectivity index (χ4n) is 3.99. The van der Waals surface area contributed by atoms with E-state index in [9.17, 15) is 9.59 Å². The van der Waals surface area contributed by atoms with Gasteiger partial charge >= 0.3 is 6.03 Å². The first-order chi connectivity index (χ1) is 10.5. The van der Waals surface area contributed by atoms with Crippen LogP contribution in [0, 0.1) is 5.92 Å². The van der Waals surface area contributed by atoms with E-state index in [-0.39, 0.29) is 11.9 Å². The molecule has 3 saturated heterocycles. The molecule has 3 aliphatic heterocycles. The fraction of sp³-hybridized carbons (Fsp3) is 0.875. The first-order valence-corrected chi connectivity index (χ1v) is 9.53. The van der Waals surface area contributed by atoms with Crippen LogP contribution >= 0.6 is 11.8 Å². The Labute approximate surface area is 137 Å². The number of urea groups is 1. The average Bonchev–Trinajstić information content (AvgIpc) is 3.09. The van der Waals surface area contributed by atoms with E-state index < -0.39 is 5.54 Å². The number of likely N-dealkylation sites (N-methyl/N-ethyl adjacent to an activating group) is 1. The summed E-state index contributed by atoms with van der Waals surface area (Å²) in [4.78, 5) is 31.1. The number of hydrogen-bond acceptors (Lipinski definition) is 4. The zero-order valence-electron chi connectivity index (χ0n) is 13.9. The third-order valence-corrected chi connectivity index (χ3v) is 6.54. The van der Waals surface area contributed by atoms with Crippen molar-refractivity contribution in [1.29, 1.82) is 0 Å². The number of nitrogens with zero attached hydrogens (tertiary/aromatic N) is 3. The van der Waals surface area contributed by atoms with E-state index >= 15 is 0 Å². The van der Waals surface area contributed by atoms with Crippen LogP contribution in [0.1, 0.15) is 33.1 Å². The molecular formula is C16H27N3O2S. The minimum atomic E-state index is -0.575. The number of piperidine rings is 1. The van der Waals surface area contributed by atoms with Crippen LogP contribution in [-0.2, 0) is 4.79 Å². The number of hydrogen-bond donors (Lipinski definition) is 0. The molecule has 0 saturated carbocycles. The molecule has 1 atom stereocenters. The summed E-state index contributed by atoms with van der Waals surface area (Å²) in [6.07, 6.45) is 2.83. The van der Waals surface area contributed by atoms with E-state index in [2.05, 4.69) is 4.90 Å². The van der Waals surface area contributed by atoms with Crippen molar-refractivity contribution in [1.82, 2.24) is 14.7 Å². The van der Waals surface area contributed by atoms with E-state index in [4.69, 9.17) is 0 Å². The van der Waals surface area contributed by atoms with Gasteiger partial charge in [-0.1, -0.05) is 13.8 Å². The van der Waals surface area contributed by atoms with Gasteiger partial charge in [0.1, 0.15) is 5.54 Å². The van der Waals surface area contributed by atoms with Crippen molar-refractivity contribution in [2.45, 2.75) is 44.7 Å². The van der Waals surface area contributed by atoms with Crippen LogP contribution in [-0.4, -0.2) is 76.4 Å². The second kappa shape index (κ2) is 6.04. The van der Waals surface area contributed by atoms with Gasteiger partial charge in [-0.2, -0.15) is 11.8 Å². The molecule has 0 radical (unpaired) electrons. The summed E-state index contributed by atoms with van der Waals surface area (Å²) in [5.74, 6) is 2.82. The highest BCUT2D eigenvalue weighted by molar-refractivity contribution is 7.99. The molecule has 0 aliphatic carbocycles. The van der Waals surface area contributed by atoms with Crippen molar-refractivity contribution in [2.24, 2.45) is 5.92 Å². The predicted octanol–water partition coefficient (Wildman–Crippen LogP) is 1.88. The van der Waals surface area contributed by atoms with Gasteiger partial charge in [-0.25, -0.2) is 4.79 Å². The molecule has 3 fully saturated rings. The molecule has 3 heterocycles. The SMILES string of the molecule is CC(C)CN1C(=O)N(C)C2(CCN([C@H]3CCSC3)CC2)C1=O. The van der Waals surface area contributed by atoms with E-state index in [1.807, 2.05) is 32.7 Å². The van der Waals surface area contributed by atoms with Gasteiger partial charge < -0.3 is 4.90 Å². The number of amides is 3. The molecule has 1 spiro atoms. The molecule has 5 nitrogen and oxygen atoms in total. The molecule has 22 heavy (non-hydrogen) atoms. The lowest BCUT2D eigenvalue weighted by atomic mass is 9.85. The van der Waals surface area contributed by atoms with Crippen molar-refractivity contribution in [2.75, 3.05) is 38.2 Å². The summed E-state index contributed by atoms with van der Waals surface area (Å²) in [6.45, 7) is 6.50. The standard InChI is InChI=1S/C16H27N3O2S/c1-12(2)10-19-14(20)16(17(3)15(19)21)5-7-18(8-6-16)13-4-9-22-11-13/h12-13H,4-11H2,1-3H3/t13-/m0/s1. The number of carbonyl (C=O) groups is 2. The molecule has 124 valence electrons. The lowest BCUT2D eigenvalue weighted by Crippen LogP contribution is -2.57. The summed E-state index contributed by atoms with van der Waals surface area (Å²) in [7, 11) is 1.81. The topological polar surface area (TPSA) is 43.9 Å². The lowest BCUT2D eigenvalue weighted by molar-refractivity contribution is -0.135. The highest BCUT2D eigenvalue weighted by atomic mass is 32.2. The number of rotatable bonds is 3. The van der Waals surface area contributed by atoms with Crippen LogP contribution in [0.15, 0.2) is 0 Å². The Morgan fingerprint density at radius 1 is 1.27 bits per heavy atom. The van der Waals surface area contributed by atoms with Gasteiger partial charge in [-0.15, -0.1) is 0 Å². The maximum atomic E-state index is 12.9. The minimum Gasteiger partial charge on any atom is -0.312 e. The zero-order valence-corrected chi connectivity index (χ0v) is 14.7. The lowest BCUT2D eigenvalue weighted by Gasteiger charge is -2.42. The first-order valence-electron chi connectivity index (χ1n) is 8.37. The number of thioether (sulfide) groups is 1. The van der Waals surface area contributed by atoms with Gasteiger partial charge in [0.25, 0.3) is 5.91 Å². The predicted molar refractivity (Wildman–Crippen MR) is 89.0 cm³/mol. The smallest absolute Gasteiger partial charge is 0.312 e. The molecule has 6 heteroatoms. The fourth-order valence-corrected chi connectivity index (χ4v) is 5.25. The summed E-state index contributed by atoms with van der Waals surface area (Å²) in [6, 6.07) is 0.565. The monoisotopic (exact) mass is 325 g/mol. The van der Waals surface area contributed by atoms with Gasteiger partial charge in [0, 0.05) is 38.5 Å². The van der Waals surface area contributed by atoms with E-state index in [0.717, 1.165) is 25.9 Å². The van der Waals surface area contributed by atoms with Gasteiger partial charge in [0.2, 0.25) is 0 Å².